The molecule has 1 aliphatic carbocycles. The summed E-state index contributed by atoms with van der Waals surface area (Å²) >= 11 is 0. The Morgan fingerprint density at radius 2 is 1.87 bits per heavy atom. The molecular weight excluding hydrogens is 194 g/mol. The number of carboxylic acids is 1. The van der Waals surface area contributed by atoms with Crippen LogP contribution in [0.1, 0.15) is 26.7 Å². The summed E-state index contributed by atoms with van der Waals surface area (Å²) in [6.07, 6.45) is 1.57. The van der Waals surface area contributed by atoms with Crippen molar-refractivity contribution in [3.8, 4) is 0 Å². The minimum atomic E-state index is -0.826. The maximum atomic E-state index is 11.9. The smallest absolute Gasteiger partial charge is 0.307 e. The number of carboxylic acid groups (broad SMARTS) is 1. The first-order chi connectivity index (χ1) is 7.00. The highest BCUT2D eigenvalue weighted by atomic mass is 16.4. The van der Waals surface area contributed by atoms with Gasteiger partial charge in [0.15, 0.2) is 0 Å². The van der Waals surface area contributed by atoms with Crippen molar-refractivity contribution in [2.45, 2.75) is 32.7 Å². The van der Waals surface area contributed by atoms with Crippen molar-refractivity contribution in [1.82, 2.24) is 4.90 Å². The zero-order chi connectivity index (χ0) is 11.2. The first-order valence-corrected chi connectivity index (χ1v) is 5.54. The molecule has 0 spiro atoms. The number of carbonyl (C=O) groups excluding carboxylic acids is 1. The topological polar surface area (TPSA) is 57.6 Å². The maximum Gasteiger partial charge on any atom is 0.307 e. The number of nitrogens with zero attached hydrogens (tertiary/aromatic N) is 1. The lowest BCUT2D eigenvalue weighted by atomic mass is 10.1. The highest BCUT2D eigenvalue weighted by Crippen LogP contribution is 2.41. The average Bonchev–Trinajstić information content (AvgIpc) is 2.86. The van der Waals surface area contributed by atoms with Crippen molar-refractivity contribution in [3.05, 3.63) is 0 Å². The third-order valence-corrected chi connectivity index (χ3v) is 3.49. The Labute approximate surface area is 89.3 Å². The molecule has 1 N–H and O–H groups in total. The van der Waals surface area contributed by atoms with Crippen molar-refractivity contribution in [3.63, 3.8) is 0 Å². The summed E-state index contributed by atoms with van der Waals surface area (Å²) in [5.41, 5.74) is 0. The molecule has 1 aliphatic heterocycles. The molecule has 15 heavy (non-hydrogen) atoms. The van der Waals surface area contributed by atoms with Gasteiger partial charge in [0.2, 0.25) is 5.91 Å². The molecule has 1 amide bonds. The van der Waals surface area contributed by atoms with Gasteiger partial charge in [0.1, 0.15) is 0 Å². The van der Waals surface area contributed by atoms with E-state index in [0.717, 1.165) is 13.0 Å². The predicted octanol–water partition coefficient (Wildman–Crippen LogP) is 0.964. The molecule has 0 bridgehead atoms. The highest BCUT2D eigenvalue weighted by molar-refractivity contribution is 5.89. The first kappa shape index (κ1) is 10.5. The summed E-state index contributed by atoms with van der Waals surface area (Å²) in [6, 6.07) is 0.280. The fourth-order valence-corrected chi connectivity index (χ4v) is 2.56. The van der Waals surface area contributed by atoms with E-state index in [1.54, 1.807) is 0 Å². The van der Waals surface area contributed by atoms with E-state index >= 15 is 0 Å². The molecule has 2 aliphatic rings. The molecule has 2 rings (SSSR count). The molecule has 4 heteroatoms. The van der Waals surface area contributed by atoms with Crippen molar-refractivity contribution in [2.24, 2.45) is 17.8 Å². The van der Waals surface area contributed by atoms with Gasteiger partial charge < -0.3 is 10.0 Å². The Morgan fingerprint density at radius 3 is 2.27 bits per heavy atom. The fourth-order valence-electron chi connectivity index (χ4n) is 2.56. The lowest BCUT2D eigenvalue weighted by molar-refractivity contribution is -0.142. The van der Waals surface area contributed by atoms with Crippen LogP contribution in [0.5, 0.6) is 0 Å². The standard InChI is InChI=1S/C11H17NO3/c1-6-3-7(2)12(5-6)10(13)8-4-9(8)11(14)15/h6-9H,3-5H2,1-2H3,(H,14,15)/t6?,7?,8-,9+/m1/s1. The molecule has 84 valence electrons. The molecule has 0 aromatic carbocycles. The Hall–Kier alpha value is -1.06. The molecule has 1 saturated carbocycles. The fraction of sp³-hybridized carbons (Fsp3) is 0.818. The van der Waals surface area contributed by atoms with Gasteiger partial charge in [-0.25, -0.2) is 0 Å². The Bertz CT molecular complexity index is 302. The van der Waals surface area contributed by atoms with Crippen molar-refractivity contribution < 1.29 is 14.7 Å². The van der Waals surface area contributed by atoms with Crippen molar-refractivity contribution >= 4 is 11.9 Å². The van der Waals surface area contributed by atoms with Crippen LogP contribution < -0.4 is 0 Å². The van der Waals surface area contributed by atoms with Gasteiger partial charge in [-0.15, -0.1) is 0 Å². The molecule has 0 aromatic rings. The quantitative estimate of drug-likeness (QED) is 0.740. The van der Waals surface area contributed by atoms with E-state index < -0.39 is 11.9 Å². The zero-order valence-electron chi connectivity index (χ0n) is 9.14. The van der Waals surface area contributed by atoms with Crippen LogP contribution in [0.25, 0.3) is 0 Å². The average molecular weight is 211 g/mol. The van der Waals surface area contributed by atoms with Crippen LogP contribution in [-0.2, 0) is 9.59 Å². The summed E-state index contributed by atoms with van der Waals surface area (Å²) in [4.78, 5) is 24.5. The van der Waals surface area contributed by atoms with Crippen LogP contribution in [0.15, 0.2) is 0 Å². The molecule has 0 aromatic heterocycles. The van der Waals surface area contributed by atoms with Gasteiger partial charge in [0.25, 0.3) is 0 Å². The Balaban J connectivity index is 1.95. The van der Waals surface area contributed by atoms with Crippen LogP contribution in [0, 0.1) is 17.8 Å². The SMILES string of the molecule is CC1CC(C)N(C(=O)[C@@H]2C[C@@H]2C(=O)O)C1. The van der Waals surface area contributed by atoms with Gasteiger partial charge in [-0.1, -0.05) is 6.92 Å². The number of likely N-dealkylation sites (tertiary alicyclic amines) is 1. The Morgan fingerprint density at radius 1 is 1.20 bits per heavy atom. The number of aliphatic carboxylic acids is 1. The number of hydrogen-bond donors (Lipinski definition) is 1. The van der Waals surface area contributed by atoms with Gasteiger partial charge in [0, 0.05) is 12.6 Å². The van der Waals surface area contributed by atoms with Crippen LogP contribution in [-0.4, -0.2) is 34.5 Å². The number of carbonyl (C=O) groups is 2. The van der Waals surface area contributed by atoms with Crippen LogP contribution in [0.3, 0.4) is 0 Å². The molecular formula is C11H17NO3. The highest BCUT2D eigenvalue weighted by Gasteiger charge is 2.51. The van der Waals surface area contributed by atoms with E-state index in [4.69, 9.17) is 5.11 Å². The minimum absolute atomic E-state index is 0.0549. The second-order valence-electron chi connectivity index (χ2n) is 4.97. The van der Waals surface area contributed by atoms with Crippen molar-refractivity contribution in [2.75, 3.05) is 6.54 Å². The van der Waals surface area contributed by atoms with Gasteiger partial charge in [-0.3, -0.25) is 9.59 Å². The summed E-state index contributed by atoms with van der Waals surface area (Å²) in [6.45, 7) is 4.97. The molecule has 2 unspecified atom stereocenters. The normalized spacial score (nSPS) is 39.2. The number of hydrogen-bond acceptors (Lipinski definition) is 2. The second kappa shape index (κ2) is 3.51. The second-order valence-corrected chi connectivity index (χ2v) is 4.97. The number of amides is 1. The summed E-state index contributed by atoms with van der Waals surface area (Å²) < 4.78 is 0. The largest absolute Gasteiger partial charge is 0.481 e. The third kappa shape index (κ3) is 1.85. The first-order valence-electron chi connectivity index (χ1n) is 5.54. The van der Waals surface area contributed by atoms with E-state index in [0.29, 0.717) is 12.3 Å². The molecule has 0 radical (unpaired) electrons. The summed E-state index contributed by atoms with van der Waals surface area (Å²) in [5.74, 6) is -0.880. The molecule has 2 fully saturated rings. The van der Waals surface area contributed by atoms with E-state index in [1.807, 2.05) is 11.8 Å². The van der Waals surface area contributed by atoms with Gasteiger partial charge in [-0.2, -0.15) is 0 Å². The summed E-state index contributed by atoms with van der Waals surface area (Å²) in [5, 5.41) is 8.76. The lowest BCUT2D eigenvalue weighted by Crippen LogP contribution is -2.35. The molecule has 1 heterocycles. The van der Waals surface area contributed by atoms with Gasteiger partial charge in [0.05, 0.1) is 11.8 Å². The van der Waals surface area contributed by atoms with E-state index in [2.05, 4.69) is 6.92 Å². The van der Waals surface area contributed by atoms with Gasteiger partial charge >= 0.3 is 5.97 Å². The third-order valence-electron chi connectivity index (χ3n) is 3.49. The minimum Gasteiger partial charge on any atom is -0.481 e. The van der Waals surface area contributed by atoms with E-state index in [1.165, 1.54) is 0 Å². The monoisotopic (exact) mass is 211 g/mol. The molecule has 1 saturated heterocycles. The lowest BCUT2D eigenvalue weighted by Gasteiger charge is -2.21. The van der Waals surface area contributed by atoms with Crippen LogP contribution in [0.2, 0.25) is 0 Å². The van der Waals surface area contributed by atoms with E-state index in [9.17, 15) is 9.59 Å². The zero-order valence-corrected chi connectivity index (χ0v) is 9.14. The van der Waals surface area contributed by atoms with Gasteiger partial charge in [-0.05, 0) is 25.7 Å². The van der Waals surface area contributed by atoms with Crippen LogP contribution >= 0.6 is 0 Å². The summed E-state index contributed by atoms with van der Waals surface area (Å²) in [7, 11) is 0. The molecule has 4 nitrogen and oxygen atoms in total. The van der Waals surface area contributed by atoms with Crippen molar-refractivity contribution in [1.29, 1.82) is 0 Å². The van der Waals surface area contributed by atoms with E-state index in [-0.39, 0.29) is 17.9 Å². The van der Waals surface area contributed by atoms with Crippen LogP contribution in [0.4, 0.5) is 0 Å². The Kier molecular flexibility index (Phi) is 2.44. The molecule has 4 atom stereocenters. The predicted molar refractivity (Wildman–Crippen MR) is 54.2 cm³/mol. The maximum absolute atomic E-state index is 11.9. The number of rotatable bonds is 2.